The van der Waals surface area contributed by atoms with Crippen LogP contribution in [0.4, 0.5) is 0 Å². The van der Waals surface area contributed by atoms with Crippen LogP contribution in [0.3, 0.4) is 0 Å². The Kier molecular flexibility index (Phi) is 3.55. The maximum atomic E-state index is 11.8. The lowest BCUT2D eigenvalue weighted by Gasteiger charge is -2.17. The number of rotatable bonds is 4. The van der Waals surface area contributed by atoms with Crippen molar-refractivity contribution in [1.82, 2.24) is 4.90 Å². The molecule has 5 heteroatoms. The average Bonchev–Trinajstić information content (AvgIpc) is 2.78. The standard InChI is InChI=1S/C14H15NO4/c1-9(14(17)18)13(16)15(2)8-11-7-10-5-3-4-6-12(10)19-11/h3-7,9H,8H2,1-2H3,(H,17,18). The molecule has 0 aliphatic carbocycles. The van der Waals surface area contributed by atoms with E-state index in [0.29, 0.717) is 5.76 Å². The maximum Gasteiger partial charge on any atom is 0.315 e. The van der Waals surface area contributed by atoms with Gasteiger partial charge in [0.1, 0.15) is 17.3 Å². The van der Waals surface area contributed by atoms with Crippen LogP contribution in [0.15, 0.2) is 34.7 Å². The molecular weight excluding hydrogens is 246 g/mol. The number of aliphatic carboxylic acids is 1. The molecule has 19 heavy (non-hydrogen) atoms. The third-order valence-corrected chi connectivity index (χ3v) is 2.99. The van der Waals surface area contributed by atoms with E-state index in [9.17, 15) is 9.59 Å². The van der Waals surface area contributed by atoms with Crippen LogP contribution < -0.4 is 0 Å². The number of amides is 1. The van der Waals surface area contributed by atoms with Crippen molar-refractivity contribution in [2.24, 2.45) is 5.92 Å². The largest absolute Gasteiger partial charge is 0.481 e. The Labute approximate surface area is 110 Å². The van der Waals surface area contributed by atoms with E-state index in [1.165, 1.54) is 11.8 Å². The topological polar surface area (TPSA) is 70.8 Å². The Morgan fingerprint density at radius 2 is 2.05 bits per heavy atom. The molecule has 1 atom stereocenters. The molecule has 1 aromatic heterocycles. The van der Waals surface area contributed by atoms with Crippen LogP contribution in [0.2, 0.25) is 0 Å². The van der Waals surface area contributed by atoms with Gasteiger partial charge in [-0.15, -0.1) is 0 Å². The molecule has 0 saturated carbocycles. The minimum atomic E-state index is -1.12. The van der Waals surface area contributed by atoms with E-state index in [4.69, 9.17) is 9.52 Å². The van der Waals surface area contributed by atoms with Crippen LogP contribution in [0, 0.1) is 5.92 Å². The van der Waals surface area contributed by atoms with Crippen LogP contribution in [-0.4, -0.2) is 28.9 Å². The summed E-state index contributed by atoms with van der Waals surface area (Å²) in [4.78, 5) is 23.9. The molecule has 0 aliphatic rings. The van der Waals surface area contributed by atoms with Crippen LogP contribution in [0.25, 0.3) is 11.0 Å². The molecule has 0 fully saturated rings. The number of fused-ring (bicyclic) bond motifs is 1. The molecular formula is C14H15NO4. The summed E-state index contributed by atoms with van der Waals surface area (Å²) in [5, 5.41) is 9.77. The fourth-order valence-corrected chi connectivity index (χ4v) is 1.86. The first-order valence-electron chi connectivity index (χ1n) is 5.94. The maximum absolute atomic E-state index is 11.8. The SMILES string of the molecule is CC(C(=O)O)C(=O)N(C)Cc1cc2ccccc2o1. The van der Waals surface area contributed by atoms with Gasteiger partial charge in [0.25, 0.3) is 0 Å². The zero-order chi connectivity index (χ0) is 14.0. The number of hydrogen-bond acceptors (Lipinski definition) is 3. The van der Waals surface area contributed by atoms with Gasteiger partial charge in [0.05, 0.1) is 6.54 Å². The van der Waals surface area contributed by atoms with E-state index in [-0.39, 0.29) is 6.54 Å². The van der Waals surface area contributed by atoms with Gasteiger partial charge in [-0.3, -0.25) is 9.59 Å². The number of carboxylic acid groups (broad SMARTS) is 1. The summed E-state index contributed by atoms with van der Waals surface area (Å²) in [5.41, 5.74) is 0.754. The first kappa shape index (κ1) is 13.1. The highest BCUT2D eigenvalue weighted by atomic mass is 16.4. The average molecular weight is 261 g/mol. The quantitative estimate of drug-likeness (QED) is 0.856. The van der Waals surface area contributed by atoms with Gasteiger partial charge in [0.15, 0.2) is 0 Å². The Morgan fingerprint density at radius 3 is 2.68 bits per heavy atom. The smallest absolute Gasteiger partial charge is 0.315 e. The number of benzene rings is 1. The van der Waals surface area contributed by atoms with Gasteiger partial charge >= 0.3 is 5.97 Å². The second-order valence-corrected chi connectivity index (χ2v) is 4.50. The number of para-hydroxylation sites is 1. The molecule has 1 N–H and O–H groups in total. The molecule has 5 nitrogen and oxygen atoms in total. The van der Waals surface area contributed by atoms with E-state index in [2.05, 4.69) is 0 Å². The lowest BCUT2D eigenvalue weighted by molar-refractivity contribution is -0.150. The number of carbonyl (C=O) groups excluding carboxylic acids is 1. The van der Waals surface area contributed by atoms with Crippen LogP contribution in [-0.2, 0) is 16.1 Å². The second-order valence-electron chi connectivity index (χ2n) is 4.50. The number of carboxylic acids is 1. The normalized spacial score (nSPS) is 12.3. The van der Waals surface area contributed by atoms with Crippen molar-refractivity contribution in [3.63, 3.8) is 0 Å². The number of furan rings is 1. The van der Waals surface area contributed by atoms with E-state index in [1.807, 2.05) is 30.3 Å². The first-order valence-corrected chi connectivity index (χ1v) is 5.94. The summed E-state index contributed by atoms with van der Waals surface area (Å²) in [5.74, 6) is -1.97. The Balaban J connectivity index is 2.12. The molecule has 0 spiro atoms. The van der Waals surface area contributed by atoms with Crippen molar-refractivity contribution in [3.05, 3.63) is 36.1 Å². The number of carbonyl (C=O) groups is 2. The number of nitrogens with zero attached hydrogens (tertiary/aromatic N) is 1. The van der Waals surface area contributed by atoms with Crippen molar-refractivity contribution in [3.8, 4) is 0 Å². The molecule has 2 rings (SSSR count). The summed E-state index contributed by atoms with van der Waals surface area (Å²) < 4.78 is 5.59. The molecule has 0 bridgehead atoms. The highest BCUT2D eigenvalue weighted by molar-refractivity contribution is 5.96. The summed E-state index contributed by atoms with van der Waals surface area (Å²) in [6, 6.07) is 9.40. The van der Waals surface area contributed by atoms with Crippen LogP contribution in [0.5, 0.6) is 0 Å². The predicted octanol–water partition coefficient (Wildman–Crippen LogP) is 2.11. The van der Waals surface area contributed by atoms with E-state index < -0.39 is 17.8 Å². The third-order valence-electron chi connectivity index (χ3n) is 2.99. The van der Waals surface area contributed by atoms with Gasteiger partial charge in [-0.1, -0.05) is 18.2 Å². The van der Waals surface area contributed by atoms with Crippen LogP contribution in [0.1, 0.15) is 12.7 Å². The molecule has 0 radical (unpaired) electrons. The van der Waals surface area contributed by atoms with Crippen molar-refractivity contribution in [1.29, 1.82) is 0 Å². The highest BCUT2D eigenvalue weighted by Crippen LogP contribution is 2.20. The molecule has 2 aromatic rings. The van der Waals surface area contributed by atoms with Crippen molar-refractivity contribution in [2.45, 2.75) is 13.5 Å². The fourth-order valence-electron chi connectivity index (χ4n) is 1.86. The van der Waals surface area contributed by atoms with Gasteiger partial charge in [-0.25, -0.2) is 0 Å². The molecule has 0 aliphatic heterocycles. The van der Waals surface area contributed by atoms with Gasteiger partial charge in [-0.05, 0) is 19.1 Å². The molecule has 1 aromatic carbocycles. The summed E-state index contributed by atoms with van der Waals surface area (Å²) in [7, 11) is 1.56. The summed E-state index contributed by atoms with van der Waals surface area (Å²) in [6.45, 7) is 1.63. The van der Waals surface area contributed by atoms with Crippen LogP contribution >= 0.6 is 0 Å². The van der Waals surface area contributed by atoms with Crippen molar-refractivity contribution >= 4 is 22.8 Å². The van der Waals surface area contributed by atoms with E-state index in [0.717, 1.165) is 11.0 Å². The molecule has 100 valence electrons. The van der Waals surface area contributed by atoms with Gasteiger partial charge in [0.2, 0.25) is 5.91 Å². The highest BCUT2D eigenvalue weighted by Gasteiger charge is 2.24. The number of hydrogen-bond donors (Lipinski definition) is 1. The van der Waals surface area contributed by atoms with Gasteiger partial charge < -0.3 is 14.4 Å². The Bertz CT molecular complexity index is 584. The predicted molar refractivity (Wildman–Crippen MR) is 69.5 cm³/mol. The van der Waals surface area contributed by atoms with E-state index in [1.54, 1.807) is 7.05 Å². The molecule has 1 unspecified atom stereocenters. The fraction of sp³-hybridized carbons (Fsp3) is 0.286. The zero-order valence-electron chi connectivity index (χ0n) is 10.8. The second kappa shape index (κ2) is 5.14. The first-order chi connectivity index (χ1) is 8.99. The monoisotopic (exact) mass is 261 g/mol. The molecule has 0 saturated heterocycles. The Hall–Kier alpha value is -2.30. The zero-order valence-corrected chi connectivity index (χ0v) is 10.8. The lowest BCUT2D eigenvalue weighted by atomic mass is 10.1. The van der Waals surface area contributed by atoms with E-state index >= 15 is 0 Å². The van der Waals surface area contributed by atoms with Crippen molar-refractivity contribution in [2.75, 3.05) is 7.05 Å². The summed E-state index contributed by atoms with van der Waals surface area (Å²) >= 11 is 0. The molecule has 1 heterocycles. The summed E-state index contributed by atoms with van der Waals surface area (Å²) in [6.07, 6.45) is 0. The molecule has 1 amide bonds. The van der Waals surface area contributed by atoms with Gasteiger partial charge in [0, 0.05) is 12.4 Å². The minimum Gasteiger partial charge on any atom is -0.481 e. The van der Waals surface area contributed by atoms with Gasteiger partial charge in [-0.2, -0.15) is 0 Å². The Morgan fingerprint density at radius 1 is 1.37 bits per heavy atom. The minimum absolute atomic E-state index is 0.255. The third kappa shape index (κ3) is 2.76. The lowest BCUT2D eigenvalue weighted by Crippen LogP contribution is -2.34. The van der Waals surface area contributed by atoms with Crippen molar-refractivity contribution < 1.29 is 19.1 Å².